The second kappa shape index (κ2) is 4.62. The Balaban J connectivity index is 3.29. The molecule has 6 heteroatoms. The molecule has 0 radical (unpaired) electrons. The summed E-state index contributed by atoms with van der Waals surface area (Å²) < 4.78 is 51.3. The van der Waals surface area contributed by atoms with Crippen molar-refractivity contribution in [2.45, 2.75) is 25.4 Å². The highest BCUT2D eigenvalue weighted by Crippen LogP contribution is 2.35. The van der Waals surface area contributed by atoms with E-state index >= 15 is 0 Å². The maximum Gasteiger partial charge on any atom is 0.419 e. The Hall–Kier alpha value is -1.14. The van der Waals surface area contributed by atoms with Crippen LogP contribution in [0.25, 0.3) is 0 Å². The van der Waals surface area contributed by atoms with Gasteiger partial charge in [-0.2, -0.15) is 13.2 Å². The molecule has 0 unspecified atom stereocenters. The summed E-state index contributed by atoms with van der Waals surface area (Å²) in [5.41, 5.74) is -2.28. The Morgan fingerprint density at radius 2 is 1.71 bits per heavy atom. The normalized spacial score (nSPS) is 12.9. The zero-order chi connectivity index (χ0) is 13.3. The van der Waals surface area contributed by atoms with Gasteiger partial charge >= 0.3 is 6.18 Å². The Kier molecular flexibility index (Phi) is 3.78. The fraction of sp³-hybridized carbons (Fsp3) is 0.455. The molecule has 0 bridgehead atoms. The monoisotopic (exact) mass is 251 g/mol. The van der Waals surface area contributed by atoms with Crippen LogP contribution in [-0.4, -0.2) is 6.61 Å². The van der Waals surface area contributed by atoms with Gasteiger partial charge in [0.25, 0.3) is 0 Å². The highest BCUT2D eigenvalue weighted by atomic mass is 19.4. The average molecular weight is 251 g/mol. The number of benzene rings is 1. The molecular formula is C11H13F4NO. The predicted octanol–water partition coefficient (Wildman–Crippen LogP) is 3.01. The summed E-state index contributed by atoms with van der Waals surface area (Å²) in [4.78, 5) is 4.39. The van der Waals surface area contributed by atoms with Gasteiger partial charge in [-0.25, -0.2) is 10.3 Å². The lowest BCUT2D eigenvalue weighted by Gasteiger charge is -2.25. The number of hydrogen-bond donors (Lipinski definition) is 1. The topological polar surface area (TPSA) is 35.2 Å². The molecule has 0 spiro atoms. The molecule has 0 aliphatic heterocycles. The van der Waals surface area contributed by atoms with Crippen LogP contribution in [0.3, 0.4) is 0 Å². The fourth-order valence-electron chi connectivity index (χ4n) is 1.56. The molecular weight excluding hydrogens is 238 g/mol. The highest BCUT2D eigenvalue weighted by Gasteiger charge is 2.37. The summed E-state index contributed by atoms with van der Waals surface area (Å²) >= 11 is 0. The lowest BCUT2D eigenvalue weighted by atomic mass is 9.84. The van der Waals surface area contributed by atoms with Gasteiger partial charge in [0.2, 0.25) is 0 Å². The van der Waals surface area contributed by atoms with Gasteiger partial charge < -0.3 is 4.84 Å². The quantitative estimate of drug-likeness (QED) is 0.662. The van der Waals surface area contributed by atoms with Gasteiger partial charge in [-0.15, -0.1) is 0 Å². The van der Waals surface area contributed by atoms with E-state index in [1.54, 1.807) is 13.8 Å². The zero-order valence-electron chi connectivity index (χ0n) is 9.44. The Morgan fingerprint density at radius 3 is 2.18 bits per heavy atom. The first-order valence-corrected chi connectivity index (χ1v) is 4.88. The van der Waals surface area contributed by atoms with Gasteiger partial charge in [0, 0.05) is 5.41 Å². The van der Waals surface area contributed by atoms with Crippen LogP contribution in [0.15, 0.2) is 18.2 Å². The van der Waals surface area contributed by atoms with Crippen molar-refractivity contribution in [3.8, 4) is 0 Å². The Bertz CT molecular complexity index is 401. The SMILES string of the molecule is CC(C)(CON)c1cccc(C(F)(F)F)c1F. The van der Waals surface area contributed by atoms with Gasteiger partial charge in [0.1, 0.15) is 5.82 Å². The minimum absolute atomic E-state index is 0.0715. The van der Waals surface area contributed by atoms with E-state index in [0.717, 1.165) is 0 Å². The van der Waals surface area contributed by atoms with Crippen LogP contribution in [0.1, 0.15) is 25.0 Å². The first kappa shape index (κ1) is 13.9. The second-order valence-corrected chi connectivity index (χ2v) is 4.36. The average Bonchev–Trinajstić information content (AvgIpc) is 2.15. The first-order valence-electron chi connectivity index (χ1n) is 4.88. The van der Waals surface area contributed by atoms with Crippen molar-refractivity contribution in [1.82, 2.24) is 0 Å². The Labute approximate surface area is 96.3 Å². The molecule has 17 heavy (non-hydrogen) atoms. The van der Waals surface area contributed by atoms with E-state index in [2.05, 4.69) is 4.84 Å². The van der Waals surface area contributed by atoms with Crippen molar-refractivity contribution < 1.29 is 22.4 Å². The maximum absolute atomic E-state index is 13.8. The number of nitrogens with two attached hydrogens (primary N) is 1. The van der Waals surface area contributed by atoms with E-state index in [1.165, 1.54) is 12.1 Å². The predicted molar refractivity (Wildman–Crippen MR) is 54.6 cm³/mol. The third kappa shape index (κ3) is 2.95. The van der Waals surface area contributed by atoms with Crippen LogP contribution in [0.4, 0.5) is 17.6 Å². The first-order chi connectivity index (χ1) is 7.70. The minimum atomic E-state index is -4.71. The highest BCUT2D eigenvalue weighted by molar-refractivity contribution is 5.33. The molecule has 1 aromatic rings. The van der Waals surface area contributed by atoms with Crippen molar-refractivity contribution in [3.05, 3.63) is 35.1 Å². The van der Waals surface area contributed by atoms with Crippen molar-refractivity contribution in [2.75, 3.05) is 6.61 Å². The molecule has 0 aromatic heterocycles. The van der Waals surface area contributed by atoms with E-state index in [1.807, 2.05) is 0 Å². The molecule has 1 rings (SSSR count). The third-order valence-electron chi connectivity index (χ3n) is 2.48. The van der Waals surface area contributed by atoms with E-state index < -0.39 is 23.0 Å². The summed E-state index contributed by atoms with van der Waals surface area (Å²) in [7, 11) is 0. The van der Waals surface area contributed by atoms with Crippen molar-refractivity contribution in [1.29, 1.82) is 0 Å². The lowest BCUT2D eigenvalue weighted by Crippen LogP contribution is -2.28. The van der Waals surface area contributed by atoms with Gasteiger partial charge in [-0.3, -0.25) is 0 Å². The third-order valence-corrected chi connectivity index (χ3v) is 2.48. The molecule has 2 nitrogen and oxygen atoms in total. The van der Waals surface area contributed by atoms with E-state index in [-0.39, 0.29) is 12.2 Å². The van der Waals surface area contributed by atoms with E-state index in [0.29, 0.717) is 6.07 Å². The van der Waals surface area contributed by atoms with Crippen molar-refractivity contribution >= 4 is 0 Å². The molecule has 1 aromatic carbocycles. The summed E-state index contributed by atoms with van der Waals surface area (Å²) in [6, 6.07) is 3.17. The van der Waals surface area contributed by atoms with Gasteiger partial charge in [0.15, 0.2) is 0 Å². The maximum atomic E-state index is 13.8. The van der Waals surface area contributed by atoms with Gasteiger partial charge in [-0.1, -0.05) is 26.0 Å². The largest absolute Gasteiger partial charge is 0.419 e. The number of halogens is 4. The molecule has 0 heterocycles. The minimum Gasteiger partial charge on any atom is -0.304 e. The second-order valence-electron chi connectivity index (χ2n) is 4.36. The molecule has 0 atom stereocenters. The number of alkyl halides is 3. The summed E-state index contributed by atoms with van der Waals surface area (Å²) in [5, 5.41) is 0. The summed E-state index contributed by atoms with van der Waals surface area (Å²) in [5.74, 6) is 3.61. The molecule has 2 N–H and O–H groups in total. The smallest absolute Gasteiger partial charge is 0.304 e. The molecule has 96 valence electrons. The van der Waals surface area contributed by atoms with Crippen LogP contribution in [0, 0.1) is 5.82 Å². The molecule has 0 aliphatic carbocycles. The van der Waals surface area contributed by atoms with Crippen LogP contribution in [0.5, 0.6) is 0 Å². The number of rotatable bonds is 3. The van der Waals surface area contributed by atoms with Crippen LogP contribution in [0.2, 0.25) is 0 Å². The van der Waals surface area contributed by atoms with Gasteiger partial charge in [0.05, 0.1) is 12.2 Å². The molecule has 0 saturated heterocycles. The molecule has 0 amide bonds. The van der Waals surface area contributed by atoms with E-state index in [9.17, 15) is 17.6 Å². The number of hydrogen-bond acceptors (Lipinski definition) is 2. The zero-order valence-corrected chi connectivity index (χ0v) is 9.44. The standard InChI is InChI=1S/C11H13F4NO/c1-10(2,6-17-16)7-4-3-5-8(9(7)12)11(13,14)15/h3-5H,6,16H2,1-2H3. The molecule has 0 saturated carbocycles. The van der Waals surface area contributed by atoms with Gasteiger partial charge in [-0.05, 0) is 11.6 Å². The molecule has 0 fully saturated rings. The van der Waals surface area contributed by atoms with Crippen LogP contribution in [-0.2, 0) is 16.4 Å². The molecule has 0 aliphatic rings. The van der Waals surface area contributed by atoms with Crippen molar-refractivity contribution in [3.63, 3.8) is 0 Å². The summed E-state index contributed by atoms with van der Waals surface area (Å²) in [6.45, 7) is 3.03. The van der Waals surface area contributed by atoms with Crippen molar-refractivity contribution in [2.24, 2.45) is 5.90 Å². The van der Waals surface area contributed by atoms with Crippen LogP contribution < -0.4 is 5.90 Å². The van der Waals surface area contributed by atoms with Crippen LogP contribution >= 0.6 is 0 Å². The summed E-state index contributed by atoms with van der Waals surface area (Å²) in [6.07, 6.45) is -4.71. The lowest BCUT2D eigenvalue weighted by molar-refractivity contribution is -0.140. The fourth-order valence-corrected chi connectivity index (χ4v) is 1.56. The van der Waals surface area contributed by atoms with E-state index in [4.69, 9.17) is 5.90 Å². The Morgan fingerprint density at radius 1 is 1.18 bits per heavy atom.